The van der Waals surface area contributed by atoms with Crippen LogP contribution in [0.1, 0.15) is 21.7 Å². The van der Waals surface area contributed by atoms with Crippen molar-refractivity contribution in [1.82, 2.24) is 9.97 Å². The predicted molar refractivity (Wildman–Crippen MR) is 71.9 cm³/mol. The zero-order valence-corrected chi connectivity index (χ0v) is 11.0. The Kier molecular flexibility index (Phi) is 3.57. The van der Waals surface area contributed by atoms with Gasteiger partial charge < -0.3 is 11.5 Å². The summed E-state index contributed by atoms with van der Waals surface area (Å²) in [5.74, 6) is 0.0314. The van der Waals surface area contributed by atoms with Crippen molar-refractivity contribution in [3.63, 3.8) is 0 Å². The average molecular weight is 307 g/mol. The molecule has 0 aliphatic rings. The number of nitrogens with zero attached hydrogens (tertiary/aromatic N) is 2. The van der Waals surface area contributed by atoms with Crippen LogP contribution in [0.4, 0.5) is 5.82 Å². The third-order valence-corrected chi connectivity index (χ3v) is 3.21. The molecule has 4 N–H and O–H groups in total. The molecule has 6 heteroatoms. The van der Waals surface area contributed by atoms with Gasteiger partial charge in [-0.1, -0.05) is 34.1 Å². The molecule has 0 aliphatic carbocycles. The Morgan fingerprint density at radius 2 is 2.06 bits per heavy atom. The number of aromatic nitrogens is 2. The van der Waals surface area contributed by atoms with E-state index in [4.69, 9.17) is 11.5 Å². The summed E-state index contributed by atoms with van der Waals surface area (Å²) in [4.78, 5) is 19.2. The van der Waals surface area contributed by atoms with Crippen LogP contribution < -0.4 is 11.5 Å². The van der Waals surface area contributed by atoms with Crippen molar-refractivity contribution in [1.29, 1.82) is 0 Å². The summed E-state index contributed by atoms with van der Waals surface area (Å²) in [5, 5.41) is 0. The van der Waals surface area contributed by atoms with Gasteiger partial charge in [0.1, 0.15) is 11.6 Å². The second kappa shape index (κ2) is 5.14. The average Bonchev–Trinajstić information content (AvgIpc) is 2.32. The molecule has 0 atom stereocenters. The highest BCUT2D eigenvalue weighted by Crippen LogP contribution is 2.18. The molecule has 0 unspecified atom stereocenters. The highest BCUT2D eigenvalue weighted by molar-refractivity contribution is 9.10. The molecular weight excluding hydrogens is 296 g/mol. The first-order chi connectivity index (χ1) is 8.58. The number of carbonyl (C=O) groups excluding carboxylic acids is 1. The zero-order chi connectivity index (χ0) is 13.1. The van der Waals surface area contributed by atoms with E-state index in [1.54, 1.807) is 0 Å². The number of hydrogen-bond donors (Lipinski definition) is 2. The molecule has 0 bridgehead atoms. The van der Waals surface area contributed by atoms with Crippen molar-refractivity contribution in [3.8, 4) is 0 Å². The molecule has 0 spiro atoms. The second-order valence-electron chi connectivity index (χ2n) is 3.72. The van der Waals surface area contributed by atoms with Crippen LogP contribution in [-0.4, -0.2) is 15.9 Å². The van der Waals surface area contributed by atoms with E-state index in [2.05, 4.69) is 25.9 Å². The Morgan fingerprint density at radius 1 is 1.33 bits per heavy atom. The Labute approximate surface area is 112 Å². The van der Waals surface area contributed by atoms with Crippen molar-refractivity contribution in [2.24, 2.45) is 5.73 Å². The van der Waals surface area contributed by atoms with Gasteiger partial charge >= 0.3 is 0 Å². The third-order valence-electron chi connectivity index (χ3n) is 2.44. The van der Waals surface area contributed by atoms with Crippen molar-refractivity contribution < 1.29 is 4.79 Å². The van der Waals surface area contributed by atoms with Gasteiger partial charge in [0.15, 0.2) is 0 Å². The Morgan fingerprint density at radius 3 is 2.67 bits per heavy atom. The highest BCUT2D eigenvalue weighted by Gasteiger charge is 2.10. The lowest BCUT2D eigenvalue weighted by Gasteiger charge is -2.05. The first-order valence-corrected chi connectivity index (χ1v) is 6.02. The van der Waals surface area contributed by atoms with E-state index in [1.165, 1.54) is 6.20 Å². The zero-order valence-electron chi connectivity index (χ0n) is 9.43. The lowest BCUT2D eigenvalue weighted by Crippen LogP contribution is -2.16. The molecule has 1 aromatic heterocycles. The van der Waals surface area contributed by atoms with E-state index in [0.29, 0.717) is 12.2 Å². The van der Waals surface area contributed by atoms with Crippen LogP contribution in [0.25, 0.3) is 0 Å². The van der Waals surface area contributed by atoms with E-state index in [9.17, 15) is 4.79 Å². The van der Waals surface area contributed by atoms with Gasteiger partial charge in [0.05, 0.1) is 5.56 Å². The van der Waals surface area contributed by atoms with Crippen LogP contribution in [0.2, 0.25) is 0 Å². The van der Waals surface area contributed by atoms with Gasteiger partial charge in [-0.3, -0.25) is 4.79 Å². The monoisotopic (exact) mass is 306 g/mol. The number of benzene rings is 1. The van der Waals surface area contributed by atoms with E-state index < -0.39 is 5.91 Å². The van der Waals surface area contributed by atoms with Crippen LogP contribution in [0.15, 0.2) is 34.9 Å². The van der Waals surface area contributed by atoms with Gasteiger partial charge in [0.25, 0.3) is 5.91 Å². The molecule has 0 saturated carbocycles. The lowest BCUT2D eigenvalue weighted by atomic mass is 10.1. The van der Waals surface area contributed by atoms with Gasteiger partial charge in [-0.05, 0) is 11.6 Å². The standard InChI is InChI=1S/C12H11BrN4O/c13-9-4-2-1-3-7(9)5-10-16-6-8(12(15)18)11(14)17-10/h1-4,6H,5H2,(H2,15,18)(H2,14,16,17). The molecule has 1 aromatic carbocycles. The summed E-state index contributed by atoms with van der Waals surface area (Å²) in [6, 6.07) is 7.77. The molecule has 2 rings (SSSR count). The van der Waals surface area contributed by atoms with E-state index in [-0.39, 0.29) is 11.4 Å². The predicted octanol–water partition coefficient (Wildman–Crippen LogP) is 1.51. The molecule has 1 amide bonds. The highest BCUT2D eigenvalue weighted by atomic mass is 79.9. The van der Waals surface area contributed by atoms with Gasteiger partial charge in [-0.25, -0.2) is 9.97 Å². The second-order valence-corrected chi connectivity index (χ2v) is 4.57. The van der Waals surface area contributed by atoms with Crippen LogP contribution >= 0.6 is 15.9 Å². The van der Waals surface area contributed by atoms with Crippen molar-refractivity contribution in [2.45, 2.75) is 6.42 Å². The SMILES string of the molecule is NC(=O)c1cnc(Cc2ccccc2Br)nc1N. The topological polar surface area (TPSA) is 94.9 Å². The van der Waals surface area contributed by atoms with Crippen LogP contribution in [-0.2, 0) is 6.42 Å². The molecule has 18 heavy (non-hydrogen) atoms. The van der Waals surface area contributed by atoms with Crippen LogP contribution in [0.3, 0.4) is 0 Å². The van der Waals surface area contributed by atoms with Gasteiger partial charge in [0.2, 0.25) is 0 Å². The number of nitrogens with two attached hydrogens (primary N) is 2. The van der Waals surface area contributed by atoms with Gasteiger partial charge in [-0.15, -0.1) is 0 Å². The molecule has 0 radical (unpaired) electrons. The first-order valence-electron chi connectivity index (χ1n) is 5.22. The maximum absolute atomic E-state index is 11.0. The smallest absolute Gasteiger partial charge is 0.254 e. The van der Waals surface area contributed by atoms with Crippen molar-refractivity contribution >= 4 is 27.7 Å². The number of nitrogen functional groups attached to an aromatic ring is 1. The summed E-state index contributed by atoms with van der Waals surface area (Å²) in [6.07, 6.45) is 1.89. The first kappa shape index (κ1) is 12.5. The molecule has 0 fully saturated rings. The minimum atomic E-state index is -0.625. The fourth-order valence-electron chi connectivity index (χ4n) is 1.52. The maximum Gasteiger partial charge on any atom is 0.254 e. The van der Waals surface area contributed by atoms with E-state index >= 15 is 0 Å². The third kappa shape index (κ3) is 2.65. The number of anilines is 1. The molecular formula is C12H11BrN4O. The molecule has 5 nitrogen and oxygen atoms in total. The number of rotatable bonds is 3. The number of halogens is 1. The molecule has 1 heterocycles. The van der Waals surface area contributed by atoms with Crippen molar-refractivity contribution in [3.05, 3.63) is 51.9 Å². The molecule has 0 aliphatic heterocycles. The van der Waals surface area contributed by atoms with Gasteiger partial charge in [0, 0.05) is 17.1 Å². The number of amides is 1. The minimum Gasteiger partial charge on any atom is -0.383 e. The largest absolute Gasteiger partial charge is 0.383 e. The minimum absolute atomic E-state index is 0.111. The Balaban J connectivity index is 2.29. The van der Waals surface area contributed by atoms with Gasteiger partial charge in [-0.2, -0.15) is 0 Å². The summed E-state index contributed by atoms with van der Waals surface area (Å²) >= 11 is 3.45. The summed E-state index contributed by atoms with van der Waals surface area (Å²) in [7, 11) is 0. The quantitative estimate of drug-likeness (QED) is 0.898. The summed E-state index contributed by atoms with van der Waals surface area (Å²) < 4.78 is 0.978. The molecule has 92 valence electrons. The fraction of sp³-hybridized carbons (Fsp3) is 0.0833. The normalized spacial score (nSPS) is 10.3. The number of carbonyl (C=O) groups is 1. The number of primary amides is 1. The van der Waals surface area contributed by atoms with Crippen LogP contribution in [0.5, 0.6) is 0 Å². The fourth-order valence-corrected chi connectivity index (χ4v) is 1.95. The maximum atomic E-state index is 11.0. The molecule has 2 aromatic rings. The summed E-state index contributed by atoms with van der Waals surface area (Å²) in [5.41, 5.74) is 12.0. The number of hydrogen-bond acceptors (Lipinski definition) is 4. The van der Waals surface area contributed by atoms with E-state index in [0.717, 1.165) is 10.0 Å². The Bertz CT molecular complexity index is 600. The van der Waals surface area contributed by atoms with Crippen LogP contribution in [0, 0.1) is 0 Å². The lowest BCUT2D eigenvalue weighted by molar-refractivity contribution is 0.100. The molecule has 0 saturated heterocycles. The Hall–Kier alpha value is -1.95. The summed E-state index contributed by atoms with van der Waals surface area (Å²) in [6.45, 7) is 0. The van der Waals surface area contributed by atoms with Crippen molar-refractivity contribution in [2.75, 3.05) is 5.73 Å². The van der Waals surface area contributed by atoms with E-state index in [1.807, 2.05) is 24.3 Å².